The third-order valence-electron chi connectivity index (χ3n) is 2.44. The van der Waals surface area contributed by atoms with Crippen LogP contribution in [-0.2, 0) is 4.74 Å². The average molecular weight is 207 g/mol. The van der Waals surface area contributed by atoms with Gasteiger partial charge in [0.25, 0.3) is 0 Å². The molecular weight excluding hydrogens is 182 g/mol. The standard InChI is InChI=1S/C9H21NO2.CH4O/c1-7(6-12-5)10(4)8(2)9(3)11;1-2/h7-9,11H,6H2,1-5H3;2H,1H3. The Labute approximate surface area is 87.5 Å². The first kappa shape index (κ1) is 16.3. The summed E-state index contributed by atoms with van der Waals surface area (Å²) in [4.78, 5) is 2.12. The van der Waals surface area contributed by atoms with Crippen LogP contribution in [0.15, 0.2) is 0 Å². The van der Waals surface area contributed by atoms with Crippen LogP contribution in [0, 0.1) is 0 Å². The summed E-state index contributed by atoms with van der Waals surface area (Å²) < 4.78 is 5.03. The molecule has 0 saturated carbocycles. The molecule has 0 rings (SSSR count). The summed E-state index contributed by atoms with van der Waals surface area (Å²) in [6.45, 7) is 6.60. The Morgan fingerprint density at radius 2 is 1.64 bits per heavy atom. The molecular formula is C10H25NO3. The van der Waals surface area contributed by atoms with Crippen molar-refractivity contribution in [3.05, 3.63) is 0 Å². The summed E-state index contributed by atoms with van der Waals surface area (Å²) in [5.41, 5.74) is 0. The van der Waals surface area contributed by atoms with Crippen LogP contribution in [0.3, 0.4) is 0 Å². The molecule has 88 valence electrons. The lowest BCUT2D eigenvalue weighted by Crippen LogP contribution is -2.44. The van der Waals surface area contributed by atoms with Crippen molar-refractivity contribution in [2.75, 3.05) is 27.9 Å². The molecule has 4 heteroatoms. The molecule has 0 amide bonds. The second-order valence-electron chi connectivity index (χ2n) is 3.45. The molecule has 0 saturated heterocycles. The summed E-state index contributed by atoms with van der Waals surface area (Å²) in [5.74, 6) is 0. The monoisotopic (exact) mass is 207 g/mol. The molecule has 0 spiro atoms. The molecule has 0 aliphatic carbocycles. The Balaban J connectivity index is 0. The van der Waals surface area contributed by atoms with Gasteiger partial charge >= 0.3 is 0 Å². The lowest BCUT2D eigenvalue weighted by Gasteiger charge is -2.31. The summed E-state index contributed by atoms with van der Waals surface area (Å²) in [5, 5.41) is 16.3. The van der Waals surface area contributed by atoms with E-state index in [0.29, 0.717) is 12.6 Å². The first-order valence-electron chi connectivity index (χ1n) is 4.84. The van der Waals surface area contributed by atoms with E-state index in [1.54, 1.807) is 14.0 Å². The molecule has 0 aromatic rings. The minimum atomic E-state index is -0.297. The highest BCUT2D eigenvalue weighted by atomic mass is 16.5. The van der Waals surface area contributed by atoms with Crippen LogP contribution in [-0.4, -0.2) is 61.2 Å². The maximum atomic E-state index is 9.33. The Hall–Kier alpha value is -0.160. The zero-order valence-corrected chi connectivity index (χ0v) is 10.2. The van der Waals surface area contributed by atoms with Crippen LogP contribution in [0.2, 0.25) is 0 Å². The van der Waals surface area contributed by atoms with Crippen LogP contribution in [0.5, 0.6) is 0 Å². The molecule has 0 fully saturated rings. The van der Waals surface area contributed by atoms with E-state index < -0.39 is 0 Å². The van der Waals surface area contributed by atoms with Gasteiger partial charge in [-0.3, -0.25) is 4.90 Å². The van der Waals surface area contributed by atoms with Crippen molar-refractivity contribution in [3.63, 3.8) is 0 Å². The van der Waals surface area contributed by atoms with Crippen molar-refractivity contribution in [1.29, 1.82) is 0 Å². The second kappa shape index (κ2) is 9.40. The quantitative estimate of drug-likeness (QED) is 0.682. The fourth-order valence-corrected chi connectivity index (χ4v) is 1.10. The van der Waals surface area contributed by atoms with Crippen LogP contribution >= 0.6 is 0 Å². The van der Waals surface area contributed by atoms with Gasteiger partial charge in [-0.25, -0.2) is 0 Å². The second-order valence-corrected chi connectivity index (χ2v) is 3.45. The first-order chi connectivity index (χ1) is 6.50. The zero-order valence-electron chi connectivity index (χ0n) is 10.2. The molecule has 0 radical (unpaired) electrons. The van der Waals surface area contributed by atoms with Gasteiger partial charge in [-0.05, 0) is 27.8 Å². The van der Waals surface area contributed by atoms with Gasteiger partial charge in [0.05, 0.1) is 12.7 Å². The van der Waals surface area contributed by atoms with E-state index in [2.05, 4.69) is 11.8 Å². The number of nitrogens with zero attached hydrogens (tertiary/aromatic N) is 1. The molecule has 4 nitrogen and oxygen atoms in total. The van der Waals surface area contributed by atoms with Gasteiger partial charge in [0.15, 0.2) is 0 Å². The minimum absolute atomic E-state index is 0.176. The topological polar surface area (TPSA) is 52.9 Å². The predicted octanol–water partition coefficient (Wildman–Crippen LogP) is 0.331. The van der Waals surface area contributed by atoms with E-state index in [1.807, 2.05) is 14.0 Å². The molecule has 0 aliphatic rings. The molecule has 0 aromatic heterocycles. The number of hydrogen-bond acceptors (Lipinski definition) is 4. The maximum absolute atomic E-state index is 9.33. The third kappa shape index (κ3) is 6.32. The molecule has 0 aromatic carbocycles. The highest BCUT2D eigenvalue weighted by Crippen LogP contribution is 2.06. The summed E-state index contributed by atoms with van der Waals surface area (Å²) >= 11 is 0. The van der Waals surface area contributed by atoms with E-state index in [9.17, 15) is 5.11 Å². The third-order valence-corrected chi connectivity index (χ3v) is 2.44. The molecule has 0 aliphatic heterocycles. The van der Waals surface area contributed by atoms with Gasteiger partial charge in [-0.1, -0.05) is 0 Å². The number of hydrogen-bond donors (Lipinski definition) is 2. The number of likely N-dealkylation sites (N-methyl/N-ethyl adjacent to an activating group) is 1. The number of methoxy groups -OCH3 is 1. The van der Waals surface area contributed by atoms with Crippen molar-refractivity contribution in [2.24, 2.45) is 0 Å². The normalized spacial score (nSPS) is 16.9. The van der Waals surface area contributed by atoms with E-state index in [1.165, 1.54) is 0 Å². The average Bonchev–Trinajstić information content (AvgIpc) is 2.19. The summed E-state index contributed by atoms with van der Waals surface area (Å²) in [7, 11) is 4.69. The molecule has 2 N–H and O–H groups in total. The largest absolute Gasteiger partial charge is 0.400 e. The van der Waals surface area contributed by atoms with Gasteiger partial charge in [0.1, 0.15) is 0 Å². The van der Waals surface area contributed by atoms with E-state index >= 15 is 0 Å². The van der Waals surface area contributed by atoms with Gasteiger partial charge < -0.3 is 14.9 Å². The van der Waals surface area contributed by atoms with Crippen molar-refractivity contribution in [1.82, 2.24) is 4.90 Å². The summed E-state index contributed by atoms with van der Waals surface area (Å²) in [6, 6.07) is 0.523. The van der Waals surface area contributed by atoms with Gasteiger partial charge in [0.2, 0.25) is 0 Å². The van der Waals surface area contributed by atoms with Crippen molar-refractivity contribution >= 4 is 0 Å². The Kier molecular flexibility index (Phi) is 10.9. The highest BCUT2D eigenvalue weighted by molar-refractivity contribution is 4.73. The minimum Gasteiger partial charge on any atom is -0.400 e. The van der Waals surface area contributed by atoms with E-state index in [0.717, 1.165) is 7.11 Å². The summed E-state index contributed by atoms with van der Waals surface area (Å²) in [6.07, 6.45) is -0.297. The van der Waals surface area contributed by atoms with Crippen molar-refractivity contribution in [2.45, 2.75) is 39.0 Å². The van der Waals surface area contributed by atoms with Crippen LogP contribution in [0.25, 0.3) is 0 Å². The highest BCUT2D eigenvalue weighted by Gasteiger charge is 2.18. The number of rotatable bonds is 5. The Morgan fingerprint density at radius 3 is 1.93 bits per heavy atom. The van der Waals surface area contributed by atoms with E-state index in [4.69, 9.17) is 9.84 Å². The Morgan fingerprint density at radius 1 is 1.21 bits per heavy atom. The van der Waals surface area contributed by atoms with E-state index in [-0.39, 0.29) is 12.1 Å². The van der Waals surface area contributed by atoms with Crippen LogP contribution in [0.4, 0.5) is 0 Å². The van der Waals surface area contributed by atoms with Crippen LogP contribution in [0.1, 0.15) is 20.8 Å². The van der Waals surface area contributed by atoms with Crippen LogP contribution < -0.4 is 0 Å². The van der Waals surface area contributed by atoms with Gasteiger partial charge in [0, 0.05) is 26.3 Å². The van der Waals surface area contributed by atoms with Crippen molar-refractivity contribution < 1.29 is 14.9 Å². The first-order valence-corrected chi connectivity index (χ1v) is 4.84. The number of ether oxygens (including phenoxy) is 1. The fraction of sp³-hybridized carbons (Fsp3) is 1.00. The van der Waals surface area contributed by atoms with Gasteiger partial charge in [-0.15, -0.1) is 0 Å². The molecule has 14 heavy (non-hydrogen) atoms. The molecule has 3 atom stereocenters. The lowest BCUT2D eigenvalue weighted by molar-refractivity contribution is 0.0370. The fourth-order valence-electron chi connectivity index (χ4n) is 1.10. The van der Waals surface area contributed by atoms with Gasteiger partial charge in [-0.2, -0.15) is 0 Å². The molecule has 0 heterocycles. The smallest absolute Gasteiger partial charge is 0.0664 e. The predicted molar refractivity (Wildman–Crippen MR) is 58.4 cm³/mol. The lowest BCUT2D eigenvalue weighted by atomic mass is 10.1. The number of aliphatic hydroxyl groups excluding tert-OH is 2. The Bertz CT molecular complexity index is 120. The zero-order chi connectivity index (χ0) is 11.7. The molecule has 3 unspecified atom stereocenters. The SMILES string of the molecule is CO.COCC(C)N(C)C(C)C(C)O. The number of aliphatic hydroxyl groups is 2. The van der Waals surface area contributed by atoms with Crippen molar-refractivity contribution in [3.8, 4) is 0 Å². The maximum Gasteiger partial charge on any atom is 0.0664 e. The molecule has 0 bridgehead atoms.